The van der Waals surface area contributed by atoms with Gasteiger partial charge in [0.15, 0.2) is 0 Å². The van der Waals surface area contributed by atoms with E-state index in [-0.39, 0.29) is 5.91 Å². The van der Waals surface area contributed by atoms with Gasteiger partial charge in [0, 0.05) is 57.8 Å². The second kappa shape index (κ2) is 11.5. The molecule has 0 unspecified atom stereocenters. The lowest BCUT2D eigenvalue weighted by atomic mass is 10.1. The Kier molecular flexibility index (Phi) is 8.73. The number of piperidine rings is 1. The highest BCUT2D eigenvalue weighted by Crippen LogP contribution is 2.21. The van der Waals surface area contributed by atoms with Crippen molar-refractivity contribution in [3.8, 4) is 5.75 Å². The number of rotatable bonds is 10. The van der Waals surface area contributed by atoms with Gasteiger partial charge in [-0.2, -0.15) is 0 Å². The molecule has 2 heterocycles. The van der Waals surface area contributed by atoms with Gasteiger partial charge >= 0.3 is 0 Å². The fourth-order valence-corrected chi connectivity index (χ4v) is 4.13. The fourth-order valence-electron chi connectivity index (χ4n) is 4.13. The normalized spacial score (nSPS) is 20.4. The van der Waals surface area contributed by atoms with Gasteiger partial charge in [-0.15, -0.1) is 0 Å². The standard InChI is InChI=1S/C22H36N4O3/c23-22(28)8-11-24-12-14-26(15-13-24)16-19-6-2-3-7-21(19)29-18-20(27)17-25-9-4-1-5-10-25/h2-3,6-7,20,27H,1,4-5,8-18H2,(H2,23,28)/t20-/m0/s1. The molecule has 3 rings (SSSR count). The van der Waals surface area contributed by atoms with E-state index in [0.29, 0.717) is 19.6 Å². The van der Waals surface area contributed by atoms with Crippen LogP contribution in [0.5, 0.6) is 5.75 Å². The van der Waals surface area contributed by atoms with Crippen LogP contribution in [-0.4, -0.2) is 90.8 Å². The second-order valence-corrected chi connectivity index (χ2v) is 8.27. The molecule has 29 heavy (non-hydrogen) atoms. The number of β-amino-alcohol motifs (C(OH)–C–C–N with tert-alkyl or cyclic N) is 1. The van der Waals surface area contributed by atoms with Crippen LogP contribution in [0.1, 0.15) is 31.2 Å². The Bertz CT molecular complexity index is 628. The number of ether oxygens (including phenoxy) is 1. The molecule has 2 saturated heterocycles. The third-order valence-electron chi connectivity index (χ3n) is 5.85. The summed E-state index contributed by atoms with van der Waals surface area (Å²) in [5.41, 5.74) is 6.40. The summed E-state index contributed by atoms with van der Waals surface area (Å²) in [6.45, 7) is 8.59. The van der Waals surface area contributed by atoms with E-state index in [4.69, 9.17) is 10.5 Å². The van der Waals surface area contributed by atoms with Crippen LogP contribution in [0.3, 0.4) is 0 Å². The first kappa shape index (κ1) is 22.0. The topological polar surface area (TPSA) is 82.3 Å². The van der Waals surface area contributed by atoms with Crippen molar-refractivity contribution < 1.29 is 14.6 Å². The number of aliphatic hydroxyl groups is 1. The number of piperazine rings is 1. The van der Waals surface area contributed by atoms with Crippen LogP contribution in [-0.2, 0) is 11.3 Å². The number of primary amides is 1. The summed E-state index contributed by atoms with van der Waals surface area (Å²) in [6, 6.07) is 8.12. The summed E-state index contributed by atoms with van der Waals surface area (Å²) >= 11 is 0. The molecule has 7 nitrogen and oxygen atoms in total. The van der Waals surface area contributed by atoms with Crippen molar-refractivity contribution in [1.29, 1.82) is 0 Å². The van der Waals surface area contributed by atoms with E-state index in [9.17, 15) is 9.90 Å². The number of para-hydroxylation sites is 1. The number of hydrogen-bond donors (Lipinski definition) is 2. The Morgan fingerprint density at radius 2 is 1.69 bits per heavy atom. The largest absolute Gasteiger partial charge is 0.491 e. The number of benzene rings is 1. The molecule has 0 aliphatic carbocycles. The van der Waals surface area contributed by atoms with Crippen LogP contribution in [0.2, 0.25) is 0 Å². The maximum absolute atomic E-state index is 11.0. The Balaban J connectivity index is 1.43. The van der Waals surface area contributed by atoms with E-state index < -0.39 is 6.10 Å². The third kappa shape index (κ3) is 7.59. The number of amides is 1. The van der Waals surface area contributed by atoms with Gasteiger partial charge < -0.3 is 25.4 Å². The van der Waals surface area contributed by atoms with E-state index in [1.807, 2.05) is 18.2 Å². The smallest absolute Gasteiger partial charge is 0.218 e. The zero-order valence-corrected chi connectivity index (χ0v) is 17.5. The summed E-state index contributed by atoms with van der Waals surface area (Å²) in [4.78, 5) is 18.0. The molecule has 1 aromatic rings. The summed E-state index contributed by atoms with van der Waals surface area (Å²) in [5, 5.41) is 10.4. The first-order chi connectivity index (χ1) is 14.1. The highest BCUT2D eigenvalue weighted by atomic mass is 16.5. The summed E-state index contributed by atoms with van der Waals surface area (Å²) < 4.78 is 6.00. The first-order valence-corrected chi connectivity index (χ1v) is 10.9. The molecule has 2 aliphatic rings. The van der Waals surface area contributed by atoms with Crippen LogP contribution < -0.4 is 10.5 Å². The highest BCUT2D eigenvalue weighted by Gasteiger charge is 2.19. The highest BCUT2D eigenvalue weighted by molar-refractivity contribution is 5.73. The van der Waals surface area contributed by atoms with Crippen molar-refractivity contribution in [1.82, 2.24) is 14.7 Å². The molecule has 162 valence electrons. The predicted molar refractivity (Wildman–Crippen MR) is 114 cm³/mol. The molecule has 1 amide bonds. The Hall–Kier alpha value is -1.67. The minimum atomic E-state index is -0.463. The maximum atomic E-state index is 11.0. The van der Waals surface area contributed by atoms with Crippen LogP contribution in [0.15, 0.2) is 24.3 Å². The molecule has 3 N–H and O–H groups in total. The lowest BCUT2D eigenvalue weighted by Gasteiger charge is -2.34. The van der Waals surface area contributed by atoms with Gasteiger partial charge in [-0.25, -0.2) is 0 Å². The zero-order chi connectivity index (χ0) is 20.5. The molecule has 0 aromatic heterocycles. The Morgan fingerprint density at radius 1 is 1.00 bits per heavy atom. The number of likely N-dealkylation sites (tertiary alicyclic amines) is 1. The average Bonchev–Trinajstić information content (AvgIpc) is 2.73. The first-order valence-electron chi connectivity index (χ1n) is 10.9. The van der Waals surface area contributed by atoms with Crippen molar-refractivity contribution in [2.45, 2.75) is 38.3 Å². The Morgan fingerprint density at radius 3 is 2.41 bits per heavy atom. The Labute approximate surface area is 174 Å². The number of nitrogens with zero attached hydrogens (tertiary/aromatic N) is 3. The molecular formula is C22H36N4O3. The summed E-state index contributed by atoms with van der Waals surface area (Å²) in [6.07, 6.45) is 3.72. The van der Waals surface area contributed by atoms with Crippen molar-refractivity contribution in [3.63, 3.8) is 0 Å². The average molecular weight is 405 g/mol. The predicted octanol–water partition coefficient (Wildman–Crippen LogP) is 0.905. The quantitative estimate of drug-likeness (QED) is 0.603. The van der Waals surface area contributed by atoms with Gasteiger partial charge in [-0.3, -0.25) is 9.69 Å². The fraction of sp³-hybridized carbons (Fsp3) is 0.682. The minimum Gasteiger partial charge on any atom is -0.491 e. The SMILES string of the molecule is NC(=O)CCN1CCN(Cc2ccccc2OC[C@@H](O)CN2CCCCC2)CC1. The molecule has 1 atom stereocenters. The van der Waals surface area contributed by atoms with Gasteiger partial charge in [0.1, 0.15) is 18.5 Å². The molecule has 2 fully saturated rings. The van der Waals surface area contributed by atoms with Crippen molar-refractivity contribution in [2.24, 2.45) is 5.73 Å². The van der Waals surface area contributed by atoms with Gasteiger partial charge in [-0.1, -0.05) is 24.6 Å². The number of hydrogen-bond acceptors (Lipinski definition) is 6. The summed E-state index contributed by atoms with van der Waals surface area (Å²) in [7, 11) is 0. The zero-order valence-electron chi connectivity index (χ0n) is 17.5. The molecule has 0 spiro atoms. The van der Waals surface area contributed by atoms with Gasteiger partial charge in [0.2, 0.25) is 5.91 Å². The number of carbonyl (C=O) groups is 1. The van der Waals surface area contributed by atoms with Crippen LogP contribution >= 0.6 is 0 Å². The lowest BCUT2D eigenvalue weighted by Crippen LogP contribution is -2.46. The number of aliphatic hydroxyl groups excluding tert-OH is 1. The molecule has 0 saturated carbocycles. The molecule has 0 bridgehead atoms. The van der Waals surface area contributed by atoms with Crippen molar-refractivity contribution in [3.05, 3.63) is 29.8 Å². The van der Waals surface area contributed by atoms with Gasteiger partial charge in [0.05, 0.1) is 0 Å². The van der Waals surface area contributed by atoms with E-state index in [1.165, 1.54) is 19.3 Å². The van der Waals surface area contributed by atoms with Crippen molar-refractivity contribution in [2.75, 3.05) is 59.0 Å². The number of nitrogens with two attached hydrogens (primary N) is 1. The monoisotopic (exact) mass is 404 g/mol. The molecule has 2 aliphatic heterocycles. The number of carbonyl (C=O) groups excluding carboxylic acids is 1. The van der Waals surface area contributed by atoms with Crippen molar-refractivity contribution >= 4 is 5.91 Å². The van der Waals surface area contributed by atoms with E-state index in [0.717, 1.165) is 63.7 Å². The molecule has 1 aromatic carbocycles. The van der Waals surface area contributed by atoms with Crippen LogP contribution in [0, 0.1) is 0 Å². The molecule has 7 heteroatoms. The lowest BCUT2D eigenvalue weighted by molar-refractivity contribution is -0.118. The molecular weight excluding hydrogens is 368 g/mol. The molecule has 0 radical (unpaired) electrons. The van der Waals surface area contributed by atoms with Crippen LogP contribution in [0.4, 0.5) is 0 Å². The minimum absolute atomic E-state index is 0.235. The second-order valence-electron chi connectivity index (χ2n) is 8.27. The van der Waals surface area contributed by atoms with Gasteiger partial charge in [-0.05, 0) is 32.0 Å². The van der Waals surface area contributed by atoms with E-state index in [1.54, 1.807) is 0 Å². The van der Waals surface area contributed by atoms with E-state index in [2.05, 4.69) is 20.8 Å². The van der Waals surface area contributed by atoms with E-state index >= 15 is 0 Å². The maximum Gasteiger partial charge on any atom is 0.218 e. The van der Waals surface area contributed by atoms with Crippen LogP contribution in [0.25, 0.3) is 0 Å². The third-order valence-corrected chi connectivity index (χ3v) is 5.85. The summed E-state index contributed by atoms with van der Waals surface area (Å²) in [5.74, 6) is 0.627. The van der Waals surface area contributed by atoms with Gasteiger partial charge in [0.25, 0.3) is 0 Å².